The summed E-state index contributed by atoms with van der Waals surface area (Å²) in [7, 11) is 0. The summed E-state index contributed by atoms with van der Waals surface area (Å²) in [6.07, 6.45) is 6.06. The monoisotopic (exact) mass is 450 g/mol. The number of ether oxygens (including phenoxy) is 2. The molecule has 2 aliphatic heterocycles. The number of phenols is 2. The van der Waals surface area contributed by atoms with E-state index in [4.69, 9.17) is 9.47 Å². The molecule has 0 aromatic heterocycles. The highest BCUT2D eigenvalue weighted by atomic mass is 16.5. The van der Waals surface area contributed by atoms with Crippen molar-refractivity contribution in [3.8, 4) is 23.0 Å². The third-order valence-corrected chi connectivity index (χ3v) is 6.58. The second-order valence-corrected chi connectivity index (χ2v) is 10.1. The summed E-state index contributed by atoms with van der Waals surface area (Å²) in [5.41, 5.74) is 1.93. The molecule has 0 saturated carbocycles. The van der Waals surface area contributed by atoms with E-state index in [9.17, 15) is 10.2 Å². The molecule has 0 spiro atoms. The van der Waals surface area contributed by atoms with E-state index >= 15 is 0 Å². The molecule has 0 saturated heterocycles. The van der Waals surface area contributed by atoms with Crippen LogP contribution in [0.15, 0.2) is 66.7 Å². The Morgan fingerprint density at radius 1 is 0.706 bits per heavy atom. The van der Waals surface area contributed by atoms with Gasteiger partial charge in [0.15, 0.2) is 0 Å². The zero-order valence-electron chi connectivity index (χ0n) is 19.6. The molecule has 4 nitrogen and oxygen atoms in total. The van der Waals surface area contributed by atoms with E-state index in [1.807, 2.05) is 94.5 Å². The van der Waals surface area contributed by atoms with Crippen LogP contribution < -0.4 is 9.47 Å². The van der Waals surface area contributed by atoms with Crippen LogP contribution in [0.5, 0.6) is 23.0 Å². The van der Waals surface area contributed by atoms with Crippen molar-refractivity contribution < 1.29 is 19.7 Å². The number of benzene rings is 4. The Hall–Kier alpha value is -3.92. The predicted octanol–water partition coefficient (Wildman–Crippen LogP) is 7.19. The van der Waals surface area contributed by atoms with Gasteiger partial charge in [-0.05, 0) is 51.5 Å². The van der Waals surface area contributed by atoms with E-state index in [0.717, 1.165) is 44.0 Å². The molecule has 4 aromatic carbocycles. The number of aromatic hydroxyl groups is 2. The zero-order valence-corrected chi connectivity index (χ0v) is 19.6. The van der Waals surface area contributed by atoms with Crippen molar-refractivity contribution in [3.05, 3.63) is 83.4 Å². The minimum absolute atomic E-state index is 0.172. The maximum absolute atomic E-state index is 11.6. The Balaban J connectivity index is 1.74. The van der Waals surface area contributed by atoms with Gasteiger partial charge in [-0.25, -0.2) is 0 Å². The smallest absolute Gasteiger partial charge is 0.136 e. The molecular weight excluding hydrogens is 424 g/mol. The normalized spacial score (nSPS) is 17.5. The van der Waals surface area contributed by atoms with Crippen LogP contribution >= 0.6 is 0 Å². The summed E-state index contributed by atoms with van der Waals surface area (Å²) in [6.45, 7) is 8.03. The first-order valence-corrected chi connectivity index (χ1v) is 11.5. The summed E-state index contributed by atoms with van der Waals surface area (Å²) in [5, 5.41) is 25.7. The van der Waals surface area contributed by atoms with Crippen LogP contribution in [0.4, 0.5) is 0 Å². The first-order chi connectivity index (χ1) is 16.2. The van der Waals surface area contributed by atoms with Gasteiger partial charge in [-0.15, -0.1) is 0 Å². The molecule has 0 atom stereocenters. The molecule has 4 heteroatoms. The lowest BCUT2D eigenvalue weighted by Crippen LogP contribution is -2.30. The van der Waals surface area contributed by atoms with E-state index < -0.39 is 11.2 Å². The van der Waals surface area contributed by atoms with E-state index in [-0.39, 0.29) is 11.5 Å². The molecule has 2 N–H and O–H groups in total. The zero-order chi connectivity index (χ0) is 23.8. The van der Waals surface area contributed by atoms with Crippen molar-refractivity contribution in [3.63, 3.8) is 0 Å². The van der Waals surface area contributed by atoms with Crippen molar-refractivity contribution in [2.75, 3.05) is 0 Å². The molecule has 2 aliphatic rings. The summed E-state index contributed by atoms with van der Waals surface area (Å²) in [6, 6.07) is 17.2. The van der Waals surface area contributed by atoms with Gasteiger partial charge in [-0.2, -0.15) is 0 Å². The van der Waals surface area contributed by atoms with Gasteiger partial charge in [0.2, 0.25) is 0 Å². The molecule has 170 valence electrons. The van der Waals surface area contributed by atoms with E-state index in [2.05, 4.69) is 0 Å². The molecule has 4 aromatic rings. The highest BCUT2D eigenvalue weighted by Gasteiger charge is 2.35. The Morgan fingerprint density at radius 3 is 2.00 bits per heavy atom. The average Bonchev–Trinajstić information content (AvgIpc) is 2.80. The van der Waals surface area contributed by atoms with Crippen molar-refractivity contribution in [1.29, 1.82) is 0 Å². The SMILES string of the molecule is CC1(C)C=C(c2c3c(c4ccccc4c2O)OC(C)(C)C=C3)c2cc(O)c3ccccc3c2O1. The molecule has 0 aliphatic carbocycles. The van der Waals surface area contributed by atoms with E-state index in [1.165, 1.54) is 0 Å². The molecule has 6 rings (SSSR count). The van der Waals surface area contributed by atoms with Crippen LogP contribution in [0.1, 0.15) is 44.4 Å². The van der Waals surface area contributed by atoms with Crippen LogP contribution in [0.2, 0.25) is 0 Å². The molecule has 2 heterocycles. The number of phenolic OH excluding ortho intramolecular Hbond substituents is 2. The van der Waals surface area contributed by atoms with Crippen LogP contribution in [-0.4, -0.2) is 21.4 Å². The van der Waals surface area contributed by atoms with Gasteiger partial charge in [0.1, 0.15) is 34.2 Å². The summed E-state index contributed by atoms with van der Waals surface area (Å²) in [5.74, 6) is 1.79. The summed E-state index contributed by atoms with van der Waals surface area (Å²) in [4.78, 5) is 0. The molecular formula is C30H26O4. The van der Waals surface area contributed by atoms with Gasteiger partial charge in [-0.3, -0.25) is 0 Å². The summed E-state index contributed by atoms with van der Waals surface area (Å²) >= 11 is 0. The Morgan fingerprint density at radius 2 is 1.29 bits per heavy atom. The summed E-state index contributed by atoms with van der Waals surface area (Å²) < 4.78 is 12.9. The standard InChI is InChI=1S/C30H26O4/c1-29(2)14-13-21-25(26(32)18-10-6-8-12-20(18)27(21)33-29)23-16-30(3,4)34-28-19-11-7-5-9-17(19)24(31)15-22(23)28/h5-16,31-32H,1-4H3. The predicted molar refractivity (Wildman–Crippen MR) is 137 cm³/mol. The number of fused-ring (bicyclic) bond motifs is 6. The van der Waals surface area contributed by atoms with Gasteiger partial charge in [0, 0.05) is 38.2 Å². The maximum Gasteiger partial charge on any atom is 0.136 e. The molecule has 0 bridgehead atoms. The molecule has 0 radical (unpaired) electrons. The van der Waals surface area contributed by atoms with Crippen molar-refractivity contribution in [2.45, 2.75) is 38.9 Å². The highest BCUT2D eigenvalue weighted by molar-refractivity contribution is 6.07. The fourth-order valence-corrected chi connectivity index (χ4v) is 5.10. The quantitative estimate of drug-likeness (QED) is 0.322. The molecule has 0 unspecified atom stereocenters. The fraction of sp³-hybridized carbons (Fsp3) is 0.200. The van der Waals surface area contributed by atoms with Crippen molar-refractivity contribution in [1.82, 2.24) is 0 Å². The second kappa shape index (κ2) is 6.80. The third kappa shape index (κ3) is 2.98. The molecule has 34 heavy (non-hydrogen) atoms. The maximum atomic E-state index is 11.6. The molecule has 0 amide bonds. The van der Waals surface area contributed by atoms with Gasteiger partial charge in [0.25, 0.3) is 0 Å². The number of hydrogen-bond donors (Lipinski definition) is 2. The largest absolute Gasteiger partial charge is 0.507 e. The van der Waals surface area contributed by atoms with Gasteiger partial charge >= 0.3 is 0 Å². The van der Waals surface area contributed by atoms with Gasteiger partial charge in [0.05, 0.1) is 0 Å². The fourth-order valence-electron chi connectivity index (χ4n) is 5.10. The van der Waals surface area contributed by atoms with Crippen LogP contribution in [0.25, 0.3) is 33.2 Å². The second-order valence-electron chi connectivity index (χ2n) is 10.1. The number of hydrogen-bond acceptors (Lipinski definition) is 4. The van der Waals surface area contributed by atoms with E-state index in [0.29, 0.717) is 11.3 Å². The van der Waals surface area contributed by atoms with Crippen molar-refractivity contribution >= 4 is 33.2 Å². The Bertz CT molecular complexity index is 1570. The topological polar surface area (TPSA) is 58.9 Å². The van der Waals surface area contributed by atoms with E-state index in [1.54, 1.807) is 6.07 Å². The van der Waals surface area contributed by atoms with Crippen LogP contribution in [0, 0.1) is 0 Å². The van der Waals surface area contributed by atoms with Crippen LogP contribution in [0.3, 0.4) is 0 Å². The Labute approximate surface area is 198 Å². The third-order valence-electron chi connectivity index (χ3n) is 6.58. The van der Waals surface area contributed by atoms with Crippen LogP contribution in [-0.2, 0) is 0 Å². The van der Waals surface area contributed by atoms with Crippen molar-refractivity contribution in [2.24, 2.45) is 0 Å². The van der Waals surface area contributed by atoms with Gasteiger partial charge < -0.3 is 19.7 Å². The minimum atomic E-state index is -0.633. The molecule has 0 fully saturated rings. The lowest BCUT2D eigenvalue weighted by Gasteiger charge is -2.35. The average molecular weight is 451 g/mol. The Kier molecular flexibility index (Phi) is 4.13. The first kappa shape index (κ1) is 20.7. The number of rotatable bonds is 1. The minimum Gasteiger partial charge on any atom is -0.507 e. The first-order valence-electron chi connectivity index (χ1n) is 11.5. The van der Waals surface area contributed by atoms with Gasteiger partial charge in [-0.1, -0.05) is 54.6 Å². The highest BCUT2D eigenvalue weighted by Crippen LogP contribution is 2.53. The lowest BCUT2D eigenvalue weighted by atomic mass is 9.83. The lowest BCUT2D eigenvalue weighted by molar-refractivity contribution is 0.159.